The molecule has 0 spiro atoms. The number of aromatic nitrogens is 1. The van der Waals surface area contributed by atoms with Crippen LogP contribution in [0, 0.1) is 5.92 Å². The Bertz CT molecular complexity index is 1680. The predicted octanol–water partition coefficient (Wildman–Crippen LogP) is 7.15. The lowest BCUT2D eigenvalue weighted by Crippen LogP contribution is -2.35. The monoisotopic (exact) mass is 558 g/mol. The molecule has 3 N–H and O–H groups in total. The van der Waals surface area contributed by atoms with Crippen LogP contribution in [0.15, 0.2) is 97.1 Å². The van der Waals surface area contributed by atoms with E-state index in [0.717, 1.165) is 70.4 Å². The summed E-state index contributed by atoms with van der Waals surface area (Å²) in [5.41, 5.74) is 5.55. The molecule has 1 fully saturated rings. The number of anilines is 2. The van der Waals surface area contributed by atoms with E-state index in [4.69, 9.17) is 4.74 Å². The zero-order chi connectivity index (χ0) is 28.7. The van der Waals surface area contributed by atoms with E-state index in [-0.39, 0.29) is 18.5 Å². The van der Waals surface area contributed by atoms with Crippen LogP contribution in [0.2, 0.25) is 0 Å². The molecule has 3 amide bonds. The van der Waals surface area contributed by atoms with Gasteiger partial charge in [0.15, 0.2) is 0 Å². The maximum Gasteiger partial charge on any atom is 0.319 e. The standard InChI is InChI=1S/C35H34N4O3/c40-34(24-39-32-10-3-1-8-30(32)31-9-2-4-11-33(31)39)37-29-7-5-6-26(22-29)13-12-25-14-16-28(17-15-25)38-35(41)36-23-27-18-20-42-21-19-27/h1-17,22,27H,18-21,23-24H2,(H,37,40)(H2,36,38,41)/b13-12+. The first-order chi connectivity index (χ1) is 20.6. The minimum absolute atomic E-state index is 0.0810. The van der Waals surface area contributed by atoms with Crippen LogP contribution in [0.5, 0.6) is 0 Å². The summed E-state index contributed by atoms with van der Waals surface area (Å²) >= 11 is 0. The number of carbonyl (C=O) groups excluding carboxylic acids is 2. The second-order valence-corrected chi connectivity index (χ2v) is 10.6. The molecule has 7 nitrogen and oxygen atoms in total. The zero-order valence-corrected chi connectivity index (χ0v) is 23.4. The number of para-hydroxylation sites is 2. The minimum Gasteiger partial charge on any atom is -0.381 e. The van der Waals surface area contributed by atoms with Crippen molar-refractivity contribution in [3.63, 3.8) is 0 Å². The van der Waals surface area contributed by atoms with Crippen molar-refractivity contribution in [2.45, 2.75) is 19.4 Å². The van der Waals surface area contributed by atoms with Crippen molar-refractivity contribution in [1.82, 2.24) is 9.88 Å². The molecule has 1 aliphatic rings. The molecule has 212 valence electrons. The zero-order valence-electron chi connectivity index (χ0n) is 23.4. The Morgan fingerprint density at radius 2 is 1.40 bits per heavy atom. The number of carbonyl (C=O) groups is 2. The van der Waals surface area contributed by atoms with Crippen molar-refractivity contribution in [2.24, 2.45) is 5.92 Å². The van der Waals surface area contributed by atoms with Crippen LogP contribution in [0.3, 0.4) is 0 Å². The molecule has 42 heavy (non-hydrogen) atoms. The van der Waals surface area contributed by atoms with Crippen molar-refractivity contribution in [2.75, 3.05) is 30.4 Å². The largest absolute Gasteiger partial charge is 0.381 e. The summed E-state index contributed by atoms with van der Waals surface area (Å²) < 4.78 is 7.44. The smallest absolute Gasteiger partial charge is 0.319 e. The average Bonchev–Trinajstić information content (AvgIpc) is 3.34. The third-order valence-electron chi connectivity index (χ3n) is 7.68. The van der Waals surface area contributed by atoms with Crippen LogP contribution >= 0.6 is 0 Å². The summed E-state index contributed by atoms with van der Waals surface area (Å²) in [7, 11) is 0. The van der Waals surface area contributed by atoms with Crippen molar-refractivity contribution >= 4 is 57.3 Å². The highest BCUT2D eigenvalue weighted by molar-refractivity contribution is 6.09. The summed E-state index contributed by atoms with van der Waals surface area (Å²) in [5.74, 6) is 0.395. The van der Waals surface area contributed by atoms with Gasteiger partial charge in [0.25, 0.3) is 0 Å². The summed E-state index contributed by atoms with van der Waals surface area (Å²) in [4.78, 5) is 25.4. The number of amides is 3. The Balaban J connectivity index is 1.05. The van der Waals surface area contributed by atoms with E-state index in [1.807, 2.05) is 84.9 Å². The predicted molar refractivity (Wildman–Crippen MR) is 170 cm³/mol. The van der Waals surface area contributed by atoms with Gasteiger partial charge in [-0.15, -0.1) is 0 Å². The van der Waals surface area contributed by atoms with E-state index in [9.17, 15) is 9.59 Å². The van der Waals surface area contributed by atoms with Crippen molar-refractivity contribution in [1.29, 1.82) is 0 Å². The summed E-state index contributed by atoms with van der Waals surface area (Å²) in [6, 6.07) is 31.6. The van der Waals surface area contributed by atoms with Gasteiger partial charge in [-0.1, -0.05) is 72.8 Å². The maximum absolute atomic E-state index is 13.1. The minimum atomic E-state index is -0.193. The number of nitrogens with one attached hydrogen (secondary N) is 3. The Kier molecular flexibility index (Phi) is 8.28. The lowest BCUT2D eigenvalue weighted by molar-refractivity contribution is -0.116. The fourth-order valence-electron chi connectivity index (χ4n) is 5.47. The quantitative estimate of drug-likeness (QED) is 0.177. The van der Waals surface area contributed by atoms with Gasteiger partial charge >= 0.3 is 6.03 Å². The van der Waals surface area contributed by atoms with E-state index in [0.29, 0.717) is 12.5 Å². The van der Waals surface area contributed by atoms with E-state index in [1.54, 1.807) is 0 Å². The molecule has 1 aliphatic heterocycles. The SMILES string of the molecule is O=C(Cn1c2ccccc2c2ccccc21)Nc1cccc(/C=C/c2ccc(NC(=O)NCC3CCOCC3)cc2)c1. The number of hydrogen-bond acceptors (Lipinski definition) is 3. The highest BCUT2D eigenvalue weighted by Gasteiger charge is 2.15. The molecule has 0 radical (unpaired) electrons. The van der Waals surface area contributed by atoms with Gasteiger partial charge < -0.3 is 25.3 Å². The molecule has 1 aromatic heterocycles. The van der Waals surface area contributed by atoms with Gasteiger partial charge in [0.1, 0.15) is 6.54 Å². The second-order valence-electron chi connectivity index (χ2n) is 10.6. The molecule has 7 heteroatoms. The number of nitrogens with zero attached hydrogens (tertiary/aromatic N) is 1. The topological polar surface area (TPSA) is 84.4 Å². The van der Waals surface area contributed by atoms with Gasteiger partial charge in [0.05, 0.1) is 0 Å². The van der Waals surface area contributed by atoms with Gasteiger partial charge in [-0.25, -0.2) is 4.79 Å². The first-order valence-electron chi connectivity index (χ1n) is 14.4. The van der Waals surface area contributed by atoms with Crippen LogP contribution in [0.4, 0.5) is 16.2 Å². The van der Waals surface area contributed by atoms with Crippen LogP contribution in [0.25, 0.3) is 34.0 Å². The van der Waals surface area contributed by atoms with Gasteiger partial charge in [-0.3, -0.25) is 4.79 Å². The molecule has 4 aromatic carbocycles. The van der Waals surface area contributed by atoms with Crippen molar-refractivity contribution < 1.29 is 14.3 Å². The number of hydrogen-bond donors (Lipinski definition) is 3. The third-order valence-corrected chi connectivity index (χ3v) is 7.68. The lowest BCUT2D eigenvalue weighted by atomic mass is 10.0. The molecule has 0 unspecified atom stereocenters. The first kappa shape index (κ1) is 27.3. The molecule has 2 heterocycles. The summed E-state index contributed by atoms with van der Waals surface area (Å²) in [6.07, 6.45) is 5.98. The molecule has 6 rings (SSSR count). The Morgan fingerprint density at radius 1 is 0.738 bits per heavy atom. The number of rotatable bonds is 8. The van der Waals surface area contributed by atoms with E-state index in [1.165, 1.54) is 0 Å². The van der Waals surface area contributed by atoms with E-state index in [2.05, 4.69) is 44.8 Å². The molecule has 0 atom stereocenters. The average molecular weight is 559 g/mol. The number of fused-ring (bicyclic) bond motifs is 3. The highest BCUT2D eigenvalue weighted by Crippen LogP contribution is 2.28. The molecule has 5 aromatic rings. The van der Waals surface area contributed by atoms with Gasteiger partial charge in [-0.2, -0.15) is 0 Å². The van der Waals surface area contributed by atoms with E-state index < -0.39 is 0 Å². The van der Waals surface area contributed by atoms with Crippen LogP contribution in [0.1, 0.15) is 24.0 Å². The van der Waals surface area contributed by atoms with E-state index >= 15 is 0 Å². The summed E-state index contributed by atoms with van der Waals surface area (Å²) in [6.45, 7) is 2.43. The van der Waals surface area contributed by atoms with Crippen molar-refractivity contribution in [3.8, 4) is 0 Å². The number of urea groups is 1. The lowest BCUT2D eigenvalue weighted by Gasteiger charge is -2.22. The molecule has 0 saturated carbocycles. The fraction of sp³-hybridized carbons (Fsp3) is 0.200. The second kappa shape index (κ2) is 12.7. The van der Waals surface area contributed by atoms with Crippen LogP contribution < -0.4 is 16.0 Å². The first-order valence-corrected chi connectivity index (χ1v) is 14.4. The van der Waals surface area contributed by atoms with Gasteiger partial charge in [0.2, 0.25) is 5.91 Å². The van der Waals surface area contributed by atoms with Gasteiger partial charge in [0, 0.05) is 52.9 Å². The van der Waals surface area contributed by atoms with Crippen molar-refractivity contribution in [3.05, 3.63) is 108 Å². The van der Waals surface area contributed by atoms with Crippen LogP contribution in [-0.4, -0.2) is 36.3 Å². The van der Waals surface area contributed by atoms with Crippen LogP contribution in [-0.2, 0) is 16.1 Å². The number of benzene rings is 4. The Hall–Kier alpha value is -4.88. The molecular weight excluding hydrogens is 524 g/mol. The highest BCUT2D eigenvalue weighted by atomic mass is 16.5. The third kappa shape index (κ3) is 6.53. The number of ether oxygens (including phenoxy) is 1. The molecule has 1 saturated heterocycles. The Labute approximate surface area is 245 Å². The molecule has 0 bridgehead atoms. The van der Waals surface area contributed by atoms with Gasteiger partial charge in [-0.05, 0) is 66.3 Å². The molecule has 0 aliphatic carbocycles. The summed E-state index contributed by atoms with van der Waals surface area (Å²) in [5, 5.41) is 11.2. The Morgan fingerprint density at radius 3 is 2.12 bits per heavy atom. The molecular formula is C35H34N4O3. The normalized spacial score (nSPS) is 13.9. The maximum atomic E-state index is 13.1. The fourth-order valence-corrected chi connectivity index (χ4v) is 5.47.